The molecule has 0 aliphatic heterocycles. The van der Waals surface area contributed by atoms with E-state index in [-0.39, 0.29) is 0 Å². The van der Waals surface area contributed by atoms with Gasteiger partial charge in [0.05, 0.1) is 17.9 Å². The minimum absolute atomic E-state index is 0.563. The highest BCUT2D eigenvalue weighted by Gasteiger charge is 2.04. The van der Waals surface area contributed by atoms with Gasteiger partial charge in [-0.3, -0.25) is 0 Å². The lowest BCUT2D eigenvalue weighted by molar-refractivity contribution is 0.640. The third-order valence-corrected chi connectivity index (χ3v) is 2.86. The molecule has 0 radical (unpaired) electrons. The van der Waals surface area contributed by atoms with Crippen molar-refractivity contribution in [2.45, 2.75) is 13.0 Å². The Labute approximate surface area is 109 Å². The van der Waals surface area contributed by atoms with Crippen LogP contribution in [0, 0.1) is 0 Å². The topological polar surface area (TPSA) is 48.0 Å². The fraction of sp³-hybridized carbons (Fsp3) is 0.250. The highest BCUT2D eigenvalue weighted by Crippen LogP contribution is 2.06. The van der Waals surface area contributed by atoms with E-state index in [9.17, 15) is 0 Å². The Hall–Kier alpha value is -1.88. The molecular formula is C12H12ClN5. The molecule has 0 unspecified atom stereocenters. The summed E-state index contributed by atoms with van der Waals surface area (Å²) in [4.78, 5) is 4.51. The normalized spacial score (nSPS) is 11.2. The smallest absolute Gasteiger partial charge is 0.137 e. The zero-order valence-electron chi connectivity index (χ0n) is 9.70. The van der Waals surface area contributed by atoms with Crippen LogP contribution in [0.3, 0.4) is 0 Å². The van der Waals surface area contributed by atoms with Gasteiger partial charge < -0.3 is 4.40 Å². The molecule has 0 saturated carbocycles. The first kappa shape index (κ1) is 11.2. The third kappa shape index (κ3) is 2.22. The summed E-state index contributed by atoms with van der Waals surface area (Å²) in [6.07, 6.45) is 6.63. The van der Waals surface area contributed by atoms with Gasteiger partial charge in [-0.25, -0.2) is 9.67 Å². The van der Waals surface area contributed by atoms with Gasteiger partial charge >= 0.3 is 0 Å². The van der Waals surface area contributed by atoms with Crippen molar-refractivity contribution in [3.8, 4) is 0 Å². The highest BCUT2D eigenvalue weighted by molar-refractivity contribution is 6.17. The van der Waals surface area contributed by atoms with Gasteiger partial charge in [-0.1, -0.05) is 11.3 Å². The van der Waals surface area contributed by atoms with Crippen molar-refractivity contribution in [3.05, 3.63) is 48.2 Å². The molecule has 3 rings (SSSR count). The van der Waals surface area contributed by atoms with E-state index in [1.807, 2.05) is 41.2 Å². The average molecular weight is 262 g/mol. The summed E-state index contributed by atoms with van der Waals surface area (Å²) in [5, 5.41) is 8.11. The molecule has 0 aromatic carbocycles. The number of alkyl halides is 1. The minimum Gasteiger partial charge on any atom is -0.307 e. The number of fused-ring (bicyclic) bond motifs is 1. The maximum atomic E-state index is 5.67. The summed E-state index contributed by atoms with van der Waals surface area (Å²) < 4.78 is 3.77. The lowest BCUT2D eigenvalue weighted by Gasteiger charge is -1.94. The van der Waals surface area contributed by atoms with Gasteiger partial charge in [0, 0.05) is 30.9 Å². The summed E-state index contributed by atoms with van der Waals surface area (Å²) in [6, 6.07) is 5.93. The van der Waals surface area contributed by atoms with Gasteiger partial charge in [-0.2, -0.15) is 0 Å². The van der Waals surface area contributed by atoms with Crippen molar-refractivity contribution in [1.29, 1.82) is 0 Å². The molecule has 3 heterocycles. The van der Waals surface area contributed by atoms with E-state index in [1.165, 1.54) is 0 Å². The predicted molar refractivity (Wildman–Crippen MR) is 68.7 cm³/mol. The first-order chi connectivity index (χ1) is 8.85. The summed E-state index contributed by atoms with van der Waals surface area (Å²) >= 11 is 5.67. The van der Waals surface area contributed by atoms with Crippen LogP contribution in [0.5, 0.6) is 0 Å². The second kappa shape index (κ2) is 4.78. The van der Waals surface area contributed by atoms with E-state index in [1.54, 1.807) is 4.68 Å². The van der Waals surface area contributed by atoms with E-state index in [2.05, 4.69) is 15.3 Å². The SMILES string of the molecule is ClCCc1cn(Cc2cn3ccccc3n2)nn1. The van der Waals surface area contributed by atoms with E-state index < -0.39 is 0 Å². The van der Waals surface area contributed by atoms with Crippen LogP contribution in [0.1, 0.15) is 11.4 Å². The van der Waals surface area contributed by atoms with Gasteiger partial charge in [0.1, 0.15) is 5.65 Å². The molecule has 0 amide bonds. The molecule has 0 N–H and O–H groups in total. The second-order valence-corrected chi connectivity index (χ2v) is 4.42. The number of pyridine rings is 1. The number of halogens is 1. The lowest BCUT2D eigenvalue weighted by Crippen LogP contribution is -2.00. The fourth-order valence-electron chi connectivity index (χ4n) is 1.86. The predicted octanol–water partition coefficient (Wildman–Crippen LogP) is 1.76. The highest BCUT2D eigenvalue weighted by atomic mass is 35.5. The Bertz CT molecular complexity index is 624. The number of hydrogen-bond donors (Lipinski definition) is 0. The van der Waals surface area contributed by atoms with Gasteiger partial charge in [-0.05, 0) is 12.1 Å². The van der Waals surface area contributed by atoms with Crippen LogP contribution in [-0.2, 0) is 13.0 Å². The van der Waals surface area contributed by atoms with E-state index in [4.69, 9.17) is 11.6 Å². The standard InChI is InChI=1S/C12H12ClN5/c13-5-4-10-8-18(16-15-10)9-11-7-17-6-2-1-3-12(17)14-11/h1-3,6-8H,4-5,9H2. The van der Waals surface area contributed by atoms with Crippen molar-refractivity contribution in [3.63, 3.8) is 0 Å². The summed E-state index contributed by atoms with van der Waals surface area (Å²) in [5.41, 5.74) is 2.81. The van der Waals surface area contributed by atoms with Gasteiger partial charge in [-0.15, -0.1) is 16.7 Å². The van der Waals surface area contributed by atoms with Crippen LogP contribution >= 0.6 is 11.6 Å². The molecule has 0 bridgehead atoms. The molecule has 6 heteroatoms. The lowest BCUT2D eigenvalue weighted by atomic mass is 10.4. The molecule has 0 fully saturated rings. The van der Waals surface area contributed by atoms with Crippen LogP contribution in [-0.4, -0.2) is 30.3 Å². The largest absolute Gasteiger partial charge is 0.307 e. The number of hydrogen-bond acceptors (Lipinski definition) is 3. The number of nitrogens with zero attached hydrogens (tertiary/aromatic N) is 5. The molecular weight excluding hydrogens is 250 g/mol. The number of aryl methyl sites for hydroxylation is 1. The van der Waals surface area contributed by atoms with Crippen molar-refractivity contribution >= 4 is 17.2 Å². The second-order valence-electron chi connectivity index (χ2n) is 4.04. The molecule has 0 aliphatic rings. The number of imidazole rings is 1. The van der Waals surface area contributed by atoms with Gasteiger partial charge in [0.2, 0.25) is 0 Å². The first-order valence-electron chi connectivity index (χ1n) is 5.73. The van der Waals surface area contributed by atoms with Crippen molar-refractivity contribution in [2.75, 3.05) is 5.88 Å². The molecule has 3 aromatic heterocycles. The Balaban J connectivity index is 1.82. The van der Waals surface area contributed by atoms with Crippen molar-refractivity contribution < 1.29 is 0 Å². The maximum Gasteiger partial charge on any atom is 0.137 e. The van der Waals surface area contributed by atoms with Gasteiger partial charge in [0.25, 0.3) is 0 Å². The van der Waals surface area contributed by atoms with Crippen LogP contribution in [0.2, 0.25) is 0 Å². The molecule has 18 heavy (non-hydrogen) atoms. The molecule has 0 aliphatic carbocycles. The zero-order valence-corrected chi connectivity index (χ0v) is 10.5. The third-order valence-electron chi connectivity index (χ3n) is 2.67. The maximum absolute atomic E-state index is 5.67. The van der Waals surface area contributed by atoms with E-state index >= 15 is 0 Å². The molecule has 5 nitrogen and oxygen atoms in total. The summed E-state index contributed by atoms with van der Waals surface area (Å²) in [6.45, 7) is 0.622. The molecule has 0 spiro atoms. The van der Waals surface area contributed by atoms with Crippen LogP contribution < -0.4 is 0 Å². The van der Waals surface area contributed by atoms with Crippen molar-refractivity contribution in [2.24, 2.45) is 0 Å². The molecule has 3 aromatic rings. The fourth-order valence-corrected chi connectivity index (χ4v) is 2.05. The molecule has 92 valence electrons. The van der Waals surface area contributed by atoms with Crippen LogP contribution in [0.4, 0.5) is 0 Å². The van der Waals surface area contributed by atoms with E-state index in [0.717, 1.165) is 23.5 Å². The Kier molecular flexibility index (Phi) is 2.98. The van der Waals surface area contributed by atoms with Crippen LogP contribution in [0.15, 0.2) is 36.8 Å². The zero-order chi connectivity index (χ0) is 12.4. The Morgan fingerprint density at radius 2 is 2.11 bits per heavy atom. The minimum atomic E-state index is 0.563. The monoisotopic (exact) mass is 261 g/mol. The molecule has 0 atom stereocenters. The van der Waals surface area contributed by atoms with Crippen molar-refractivity contribution in [1.82, 2.24) is 24.4 Å². The number of rotatable bonds is 4. The summed E-state index contributed by atoms with van der Waals surface area (Å²) in [7, 11) is 0. The van der Waals surface area contributed by atoms with E-state index in [0.29, 0.717) is 12.4 Å². The quantitative estimate of drug-likeness (QED) is 0.673. The molecule has 0 saturated heterocycles. The van der Waals surface area contributed by atoms with Crippen LogP contribution in [0.25, 0.3) is 5.65 Å². The average Bonchev–Trinajstić information content (AvgIpc) is 2.96. The number of aromatic nitrogens is 5. The Morgan fingerprint density at radius 1 is 1.17 bits per heavy atom. The Morgan fingerprint density at radius 3 is 2.94 bits per heavy atom. The first-order valence-corrected chi connectivity index (χ1v) is 6.26. The summed E-state index contributed by atoms with van der Waals surface area (Å²) in [5.74, 6) is 0.563. The van der Waals surface area contributed by atoms with Gasteiger partial charge in [0.15, 0.2) is 0 Å².